The van der Waals surface area contributed by atoms with Crippen molar-refractivity contribution in [2.75, 3.05) is 27.2 Å². The Hall–Kier alpha value is -2.06. The van der Waals surface area contributed by atoms with Crippen LogP contribution < -0.4 is 5.73 Å². The minimum atomic E-state index is -1.12. The molecule has 0 radical (unpaired) electrons. The van der Waals surface area contributed by atoms with E-state index in [1.54, 1.807) is 18.3 Å². The van der Waals surface area contributed by atoms with E-state index in [9.17, 15) is 14.3 Å². The second-order valence-electron chi connectivity index (χ2n) is 7.76. The summed E-state index contributed by atoms with van der Waals surface area (Å²) < 4.78 is 13.4. The number of likely N-dealkylation sites (tertiary alicyclic amines) is 1. The van der Waals surface area contributed by atoms with Crippen molar-refractivity contribution in [3.63, 3.8) is 0 Å². The fraction of sp³-hybridized carbons (Fsp3) is 0.429. The SMILES string of the molecule is CN(C)Cc1cccc(C(N)=O)c1C1(O)CCN(Cc2cncc(F)c2)CC1.Cl. The molecule has 8 heteroatoms. The summed E-state index contributed by atoms with van der Waals surface area (Å²) in [5.41, 5.74) is 7.22. The zero-order valence-corrected chi connectivity index (χ0v) is 17.6. The monoisotopic (exact) mass is 422 g/mol. The first-order valence-electron chi connectivity index (χ1n) is 9.39. The minimum absolute atomic E-state index is 0. The van der Waals surface area contributed by atoms with Crippen LogP contribution in [0.25, 0.3) is 0 Å². The highest BCUT2D eigenvalue weighted by Crippen LogP contribution is 2.37. The maximum absolute atomic E-state index is 13.4. The largest absolute Gasteiger partial charge is 0.385 e. The molecule has 1 aliphatic rings. The first-order valence-corrected chi connectivity index (χ1v) is 9.39. The highest BCUT2D eigenvalue weighted by molar-refractivity contribution is 5.95. The van der Waals surface area contributed by atoms with Gasteiger partial charge in [-0.2, -0.15) is 0 Å². The molecule has 0 spiro atoms. The molecule has 2 aromatic rings. The number of amides is 1. The van der Waals surface area contributed by atoms with Crippen LogP contribution >= 0.6 is 12.4 Å². The Morgan fingerprint density at radius 1 is 1.31 bits per heavy atom. The van der Waals surface area contributed by atoms with Gasteiger partial charge in [0.2, 0.25) is 5.91 Å². The van der Waals surface area contributed by atoms with Crippen molar-refractivity contribution < 1.29 is 14.3 Å². The fourth-order valence-corrected chi connectivity index (χ4v) is 3.96. The van der Waals surface area contributed by atoms with Gasteiger partial charge in [0.15, 0.2) is 0 Å². The van der Waals surface area contributed by atoms with Gasteiger partial charge in [-0.05, 0) is 50.2 Å². The number of aliphatic hydroxyl groups is 1. The van der Waals surface area contributed by atoms with Crippen LogP contribution in [0.1, 0.15) is 39.9 Å². The fourth-order valence-electron chi connectivity index (χ4n) is 3.96. The number of pyridine rings is 1. The number of piperidine rings is 1. The molecule has 158 valence electrons. The van der Waals surface area contributed by atoms with Crippen LogP contribution in [0.2, 0.25) is 0 Å². The molecule has 6 nitrogen and oxygen atoms in total. The molecule has 0 saturated carbocycles. The van der Waals surface area contributed by atoms with Gasteiger partial charge in [-0.1, -0.05) is 12.1 Å². The Labute approximate surface area is 176 Å². The normalized spacial score (nSPS) is 16.4. The molecule has 29 heavy (non-hydrogen) atoms. The van der Waals surface area contributed by atoms with Crippen molar-refractivity contribution in [2.45, 2.75) is 31.5 Å². The number of nitrogens with two attached hydrogens (primary N) is 1. The van der Waals surface area contributed by atoms with Gasteiger partial charge in [0.05, 0.1) is 11.8 Å². The van der Waals surface area contributed by atoms with Gasteiger partial charge in [0.1, 0.15) is 5.82 Å². The van der Waals surface area contributed by atoms with Crippen LogP contribution in [0.4, 0.5) is 4.39 Å². The number of hydrogen-bond donors (Lipinski definition) is 2. The van der Waals surface area contributed by atoms with E-state index >= 15 is 0 Å². The van der Waals surface area contributed by atoms with Crippen LogP contribution in [0.5, 0.6) is 0 Å². The predicted octanol–water partition coefficient (Wildman–Crippen LogP) is 2.29. The van der Waals surface area contributed by atoms with E-state index in [0.717, 1.165) is 11.1 Å². The molecule has 1 amide bonds. The summed E-state index contributed by atoms with van der Waals surface area (Å²) in [6.07, 6.45) is 3.79. The van der Waals surface area contributed by atoms with Gasteiger partial charge in [-0.15, -0.1) is 12.4 Å². The zero-order chi connectivity index (χ0) is 20.3. The van der Waals surface area contributed by atoms with Crippen molar-refractivity contribution in [2.24, 2.45) is 5.73 Å². The smallest absolute Gasteiger partial charge is 0.249 e. The molecular formula is C21H28ClFN4O2. The number of halogens is 2. The van der Waals surface area contributed by atoms with Gasteiger partial charge in [0.25, 0.3) is 0 Å². The summed E-state index contributed by atoms with van der Waals surface area (Å²) in [7, 11) is 3.89. The van der Waals surface area contributed by atoms with E-state index in [-0.39, 0.29) is 18.2 Å². The molecule has 1 aliphatic heterocycles. The van der Waals surface area contributed by atoms with Crippen molar-refractivity contribution in [1.82, 2.24) is 14.8 Å². The van der Waals surface area contributed by atoms with Crippen molar-refractivity contribution >= 4 is 18.3 Å². The average Bonchev–Trinajstić information content (AvgIpc) is 2.63. The Kier molecular flexibility index (Phi) is 7.71. The van der Waals surface area contributed by atoms with Gasteiger partial charge >= 0.3 is 0 Å². The lowest BCUT2D eigenvalue weighted by molar-refractivity contribution is -0.0291. The van der Waals surface area contributed by atoms with E-state index in [1.165, 1.54) is 12.3 Å². The number of carbonyl (C=O) groups excluding carboxylic acids is 1. The standard InChI is InChI=1S/C21H27FN4O2.ClH/c1-25(2)14-16-4-3-5-18(20(23)27)19(16)21(28)6-8-26(9-7-21)13-15-10-17(22)12-24-11-15;/h3-5,10-12,28H,6-9,13-14H2,1-2H3,(H2,23,27);1H. The van der Waals surface area contributed by atoms with Crippen molar-refractivity contribution in [3.8, 4) is 0 Å². The number of primary amides is 1. The third-order valence-corrected chi connectivity index (χ3v) is 5.22. The zero-order valence-electron chi connectivity index (χ0n) is 16.8. The van der Waals surface area contributed by atoms with Crippen LogP contribution in [0.15, 0.2) is 36.7 Å². The van der Waals surface area contributed by atoms with Gasteiger partial charge in [-0.25, -0.2) is 4.39 Å². The molecule has 0 aliphatic carbocycles. The number of nitrogens with zero attached hydrogens (tertiary/aromatic N) is 3. The third kappa shape index (κ3) is 5.51. The second kappa shape index (κ2) is 9.63. The summed E-state index contributed by atoms with van der Waals surface area (Å²) in [6.45, 7) is 2.43. The molecule has 0 unspecified atom stereocenters. The van der Waals surface area contributed by atoms with E-state index in [4.69, 9.17) is 5.73 Å². The molecule has 2 heterocycles. The average molecular weight is 423 g/mol. The molecule has 1 saturated heterocycles. The second-order valence-corrected chi connectivity index (χ2v) is 7.76. The Morgan fingerprint density at radius 3 is 2.59 bits per heavy atom. The maximum atomic E-state index is 13.4. The topological polar surface area (TPSA) is 82.7 Å². The molecular weight excluding hydrogens is 395 g/mol. The first-order chi connectivity index (χ1) is 13.3. The summed E-state index contributed by atoms with van der Waals surface area (Å²) in [5.74, 6) is -0.882. The van der Waals surface area contributed by atoms with Crippen molar-refractivity contribution in [1.29, 1.82) is 0 Å². The number of rotatable bonds is 6. The van der Waals surface area contributed by atoms with Gasteiger partial charge in [-0.3, -0.25) is 14.7 Å². The van der Waals surface area contributed by atoms with Crippen molar-refractivity contribution in [3.05, 3.63) is 64.7 Å². The van der Waals surface area contributed by atoms with E-state index in [0.29, 0.717) is 50.1 Å². The summed E-state index contributed by atoms with van der Waals surface area (Å²) in [6, 6.07) is 6.90. The summed E-state index contributed by atoms with van der Waals surface area (Å²) in [5, 5.41) is 11.5. The number of hydrogen-bond acceptors (Lipinski definition) is 5. The van der Waals surface area contributed by atoms with E-state index < -0.39 is 11.5 Å². The molecule has 3 rings (SSSR count). The van der Waals surface area contributed by atoms with Crippen LogP contribution in [-0.2, 0) is 18.7 Å². The Balaban J connectivity index is 0.00000300. The summed E-state index contributed by atoms with van der Waals surface area (Å²) >= 11 is 0. The molecule has 3 N–H and O–H groups in total. The number of carbonyl (C=O) groups is 1. The molecule has 1 fully saturated rings. The Morgan fingerprint density at radius 2 is 2.00 bits per heavy atom. The van der Waals surface area contributed by atoms with Crippen LogP contribution in [0.3, 0.4) is 0 Å². The van der Waals surface area contributed by atoms with E-state index in [1.807, 2.05) is 25.1 Å². The van der Waals surface area contributed by atoms with Gasteiger partial charge < -0.3 is 15.7 Å². The molecule has 0 atom stereocenters. The maximum Gasteiger partial charge on any atom is 0.249 e. The lowest BCUT2D eigenvalue weighted by atomic mass is 9.79. The highest BCUT2D eigenvalue weighted by atomic mass is 35.5. The van der Waals surface area contributed by atoms with Gasteiger partial charge in [0, 0.05) is 43.5 Å². The lowest BCUT2D eigenvalue weighted by Gasteiger charge is -2.40. The third-order valence-electron chi connectivity index (χ3n) is 5.22. The highest BCUT2D eigenvalue weighted by Gasteiger charge is 2.38. The molecule has 1 aromatic heterocycles. The Bertz CT molecular complexity index is 854. The molecule has 0 bridgehead atoms. The first kappa shape index (κ1) is 23.2. The number of aromatic nitrogens is 1. The minimum Gasteiger partial charge on any atom is -0.385 e. The lowest BCUT2D eigenvalue weighted by Crippen LogP contribution is -2.44. The quantitative estimate of drug-likeness (QED) is 0.746. The van der Waals surface area contributed by atoms with E-state index in [2.05, 4.69) is 9.88 Å². The predicted molar refractivity (Wildman–Crippen MR) is 112 cm³/mol. The number of benzene rings is 1. The van der Waals surface area contributed by atoms with Crippen LogP contribution in [0, 0.1) is 5.82 Å². The molecule has 1 aromatic carbocycles. The summed E-state index contributed by atoms with van der Waals surface area (Å²) in [4.78, 5) is 20.1. The van der Waals surface area contributed by atoms with Crippen LogP contribution in [-0.4, -0.2) is 53.0 Å².